The first-order valence-corrected chi connectivity index (χ1v) is 6.02. The summed E-state index contributed by atoms with van der Waals surface area (Å²) in [7, 11) is 0. The van der Waals surface area contributed by atoms with Gasteiger partial charge in [0.05, 0.1) is 5.02 Å². The lowest BCUT2D eigenvalue weighted by molar-refractivity contribution is 0.102. The largest absolute Gasteiger partial charge is 0.288 e. The highest BCUT2D eigenvalue weighted by Crippen LogP contribution is 2.28. The first-order chi connectivity index (χ1) is 9.75. The second-order valence-electron chi connectivity index (χ2n) is 3.90. The van der Waals surface area contributed by atoms with Crippen molar-refractivity contribution < 1.29 is 26.7 Å². The van der Waals surface area contributed by atoms with Gasteiger partial charge in [-0.2, -0.15) is 0 Å². The number of benzene rings is 2. The van der Waals surface area contributed by atoms with E-state index in [2.05, 4.69) is 0 Å². The number of hydrogen-bond acceptors (Lipinski definition) is 1. The zero-order valence-corrected chi connectivity index (χ0v) is 11.3. The van der Waals surface area contributed by atoms with Crippen LogP contribution in [0.15, 0.2) is 18.2 Å². The van der Waals surface area contributed by atoms with E-state index in [0.717, 1.165) is 12.1 Å². The van der Waals surface area contributed by atoms with Crippen LogP contribution in [0.4, 0.5) is 22.0 Å². The van der Waals surface area contributed by atoms with Crippen molar-refractivity contribution in [2.75, 3.05) is 0 Å². The van der Waals surface area contributed by atoms with Gasteiger partial charge in [0, 0.05) is 10.6 Å². The molecule has 110 valence electrons. The molecule has 0 heterocycles. The number of carbonyl (C=O) groups is 1. The summed E-state index contributed by atoms with van der Waals surface area (Å²) in [6.07, 6.45) is 0. The predicted molar refractivity (Wildman–Crippen MR) is 66.1 cm³/mol. The Kier molecular flexibility index (Phi) is 4.20. The molecule has 0 aliphatic rings. The van der Waals surface area contributed by atoms with E-state index < -0.39 is 46.0 Å². The molecular formula is C13H3Cl2F5O. The molecule has 0 bridgehead atoms. The van der Waals surface area contributed by atoms with Gasteiger partial charge in [0.15, 0.2) is 23.3 Å². The minimum absolute atomic E-state index is 0.00613. The van der Waals surface area contributed by atoms with E-state index in [0.29, 0.717) is 0 Å². The van der Waals surface area contributed by atoms with E-state index in [1.807, 2.05) is 0 Å². The Hall–Kier alpha value is -1.66. The molecule has 0 aromatic heterocycles. The van der Waals surface area contributed by atoms with Crippen LogP contribution in [0, 0.1) is 29.1 Å². The molecule has 1 nitrogen and oxygen atoms in total. The molecule has 8 heteroatoms. The van der Waals surface area contributed by atoms with Gasteiger partial charge in [0.2, 0.25) is 11.6 Å². The molecule has 0 aliphatic carbocycles. The highest BCUT2D eigenvalue weighted by molar-refractivity contribution is 6.36. The highest BCUT2D eigenvalue weighted by atomic mass is 35.5. The van der Waals surface area contributed by atoms with Gasteiger partial charge in [-0.1, -0.05) is 23.2 Å². The number of rotatable bonds is 2. The zero-order chi connectivity index (χ0) is 15.9. The van der Waals surface area contributed by atoms with Gasteiger partial charge in [0.25, 0.3) is 0 Å². The molecule has 0 atom stereocenters. The molecule has 21 heavy (non-hydrogen) atoms. The summed E-state index contributed by atoms with van der Waals surface area (Å²) < 4.78 is 66.2. The Morgan fingerprint density at radius 1 is 0.810 bits per heavy atom. The minimum Gasteiger partial charge on any atom is -0.288 e. The summed E-state index contributed by atoms with van der Waals surface area (Å²) in [5, 5.41) is -0.236. The summed E-state index contributed by atoms with van der Waals surface area (Å²) >= 11 is 11.3. The van der Waals surface area contributed by atoms with Gasteiger partial charge >= 0.3 is 0 Å². The summed E-state index contributed by atoms with van der Waals surface area (Å²) in [6.45, 7) is 0. The molecule has 0 saturated carbocycles. The minimum atomic E-state index is -2.35. The topological polar surface area (TPSA) is 17.1 Å². The SMILES string of the molecule is O=C(c1cc(Cl)ccc1Cl)c1c(F)c(F)c(F)c(F)c1F. The molecule has 0 saturated heterocycles. The van der Waals surface area contributed by atoms with Crippen molar-refractivity contribution in [3.05, 3.63) is 68.5 Å². The zero-order valence-electron chi connectivity index (χ0n) is 9.79. The standard InChI is InChI=1S/C13H3Cl2F5O/c14-4-1-2-6(15)5(3-4)13(21)7-8(16)10(18)12(20)11(19)9(7)17/h1-3H. The van der Waals surface area contributed by atoms with Gasteiger partial charge in [-0.15, -0.1) is 0 Å². The van der Waals surface area contributed by atoms with Crippen molar-refractivity contribution in [1.29, 1.82) is 0 Å². The van der Waals surface area contributed by atoms with Crippen molar-refractivity contribution in [1.82, 2.24) is 0 Å². The summed E-state index contributed by atoms with van der Waals surface area (Å²) in [5.41, 5.74) is -2.07. The molecular weight excluding hydrogens is 338 g/mol. The van der Waals surface area contributed by atoms with Gasteiger partial charge in [0.1, 0.15) is 5.56 Å². The van der Waals surface area contributed by atoms with Crippen molar-refractivity contribution >= 4 is 29.0 Å². The quantitative estimate of drug-likeness (QED) is 0.328. The Bertz CT molecular complexity index is 732. The number of halogens is 7. The number of carbonyl (C=O) groups excluding carboxylic acids is 1. The third-order valence-corrected chi connectivity index (χ3v) is 3.17. The molecule has 2 aromatic rings. The van der Waals surface area contributed by atoms with Crippen LogP contribution in [-0.4, -0.2) is 5.78 Å². The van der Waals surface area contributed by atoms with Crippen LogP contribution in [0.3, 0.4) is 0 Å². The fourth-order valence-electron chi connectivity index (χ4n) is 1.61. The maximum Gasteiger partial charge on any atom is 0.200 e. The molecule has 0 N–H and O–H groups in total. The first-order valence-electron chi connectivity index (χ1n) is 5.27. The van der Waals surface area contributed by atoms with E-state index in [1.165, 1.54) is 6.07 Å². The van der Waals surface area contributed by atoms with Gasteiger partial charge < -0.3 is 0 Å². The fourth-order valence-corrected chi connectivity index (χ4v) is 1.99. The molecule has 0 aliphatic heterocycles. The van der Waals surface area contributed by atoms with Crippen LogP contribution < -0.4 is 0 Å². The maximum atomic E-state index is 13.6. The molecule has 2 aromatic carbocycles. The Labute approximate surface area is 124 Å². The fraction of sp³-hybridized carbons (Fsp3) is 0. The van der Waals surface area contributed by atoms with Crippen molar-refractivity contribution in [2.24, 2.45) is 0 Å². The van der Waals surface area contributed by atoms with Crippen LogP contribution in [-0.2, 0) is 0 Å². The lowest BCUT2D eigenvalue weighted by atomic mass is 10.0. The average Bonchev–Trinajstić information content (AvgIpc) is 2.45. The lowest BCUT2D eigenvalue weighted by Gasteiger charge is -2.09. The number of ketones is 1. The van der Waals surface area contributed by atoms with Gasteiger partial charge in [-0.05, 0) is 18.2 Å². The van der Waals surface area contributed by atoms with Crippen LogP contribution in [0.1, 0.15) is 15.9 Å². The third kappa shape index (κ3) is 2.61. The Morgan fingerprint density at radius 3 is 1.81 bits per heavy atom. The summed E-state index contributed by atoms with van der Waals surface area (Å²) in [5.74, 6) is -12.7. The molecule has 0 spiro atoms. The Balaban J connectivity index is 2.73. The van der Waals surface area contributed by atoms with Gasteiger partial charge in [-0.25, -0.2) is 22.0 Å². The van der Waals surface area contributed by atoms with Crippen LogP contribution >= 0.6 is 23.2 Å². The second kappa shape index (κ2) is 5.61. The summed E-state index contributed by atoms with van der Waals surface area (Å²) in [6, 6.07) is 3.41. The van der Waals surface area contributed by atoms with E-state index in [9.17, 15) is 26.7 Å². The summed E-state index contributed by atoms with van der Waals surface area (Å²) in [4.78, 5) is 12.0. The van der Waals surface area contributed by atoms with Crippen molar-refractivity contribution in [3.8, 4) is 0 Å². The molecule has 2 rings (SSSR count). The highest BCUT2D eigenvalue weighted by Gasteiger charge is 2.31. The molecule has 0 radical (unpaired) electrons. The lowest BCUT2D eigenvalue weighted by Crippen LogP contribution is -2.14. The monoisotopic (exact) mass is 340 g/mol. The van der Waals surface area contributed by atoms with Crippen molar-refractivity contribution in [2.45, 2.75) is 0 Å². The van der Waals surface area contributed by atoms with E-state index in [4.69, 9.17) is 23.2 Å². The Morgan fingerprint density at radius 2 is 1.29 bits per heavy atom. The maximum absolute atomic E-state index is 13.6. The second-order valence-corrected chi connectivity index (χ2v) is 4.74. The number of hydrogen-bond donors (Lipinski definition) is 0. The normalized spacial score (nSPS) is 10.8. The van der Waals surface area contributed by atoms with Crippen molar-refractivity contribution in [3.63, 3.8) is 0 Å². The smallest absolute Gasteiger partial charge is 0.200 e. The van der Waals surface area contributed by atoms with Crippen LogP contribution in [0.25, 0.3) is 0 Å². The van der Waals surface area contributed by atoms with E-state index in [-0.39, 0.29) is 10.0 Å². The molecule has 0 fully saturated rings. The first kappa shape index (κ1) is 15.7. The predicted octanol–water partition coefficient (Wildman–Crippen LogP) is 4.92. The van der Waals surface area contributed by atoms with E-state index >= 15 is 0 Å². The van der Waals surface area contributed by atoms with E-state index in [1.54, 1.807) is 0 Å². The molecule has 0 amide bonds. The third-order valence-electron chi connectivity index (χ3n) is 2.61. The van der Waals surface area contributed by atoms with Gasteiger partial charge in [-0.3, -0.25) is 4.79 Å². The molecule has 0 unspecified atom stereocenters. The van der Waals surface area contributed by atoms with Crippen LogP contribution in [0.2, 0.25) is 10.0 Å². The van der Waals surface area contributed by atoms with Crippen LogP contribution in [0.5, 0.6) is 0 Å². The average molecular weight is 341 g/mol.